The summed E-state index contributed by atoms with van der Waals surface area (Å²) in [6.07, 6.45) is 5.29. The molecule has 2 amide bonds. The first-order valence-corrected chi connectivity index (χ1v) is 8.90. The van der Waals surface area contributed by atoms with Crippen LogP contribution in [-0.2, 0) is 6.54 Å². The van der Waals surface area contributed by atoms with Gasteiger partial charge < -0.3 is 20.3 Å². The number of alkyl halides is 2. The Morgan fingerprint density at radius 2 is 1.89 bits per heavy atom. The number of carbonyl (C=O) groups excluding carboxylic acids is 1. The number of amides is 2. The van der Waals surface area contributed by atoms with Crippen molar-refractivity contribution < 1.29 is 18.3 Å². The second-order valence-corrected chi connectivity index (χ2v) is 6.24. The van der Waals surface area contributed by atoms with Crippen LogP contribution in [0.3, 0.4) is 0 Å². The number of aromatic nitrogens is 1. The summed E-state index contributed by atoms with van der Waals surface area (Å²) in [5, 5.41) is 5.47. The minimum absolute atomic E-state index is 0.0393. The fourth-order valence-corrected chi connectivity index (χ4v) is 3.03. The quantitative estimate of drug-likeness (QED) is 0.800. The van der Waals surface area contributed by atoms with Crippen LogP contribution in [0.5, 0.6) is 5.75 Å². The second-order valence-electron chi connectivity index (χ2n) is 6.24. The standard InChI is InChI=1S/C19H22F2N4O2/c20-18(21)27-16-8-6-15(7-9-16)24-19(26)23-13-14-5-4-10-22-17(14)25-11-2-1-3-12-25/h4-10,18H,1-3,11-13H2,(H2,23,24,26). The van der Waals surface area contributed by atoms with Crippen molar-refractivity contribution in [2.75, 3.05) is 23.3 Å². The monoisotopic (exact) mass is 376 g/mol. The number of piperidine rings is 1. The summed E-state index contributed by atoms with van der Waals surface area (Å²) in [6, 6.07) is 9.17. The van der Waals surface area contributed by atoms with E-state index in [1.165, 1.54) is 30.7 Å². The number of hydrogen-bond acceptors (Lipinski definition) is 4. The van der Waals surface area contributed by atoms with Crippen LogP contribution in [0.15, 0.2) is 42.6 Å². The van der Waals surface area contributed by atoms with Crippen LogP contribution in [0.25, 0.3) is 0 Å². The number of anilines is 2. The Hall–Kier alpha value is -2.90. The third-order valence-corrected chi connectivity index (χ3v) is 4.30. The smallest absolute Gasteiger partial charge is 0.387 e. The molecule has 8 heteroatoms. The minimum Gasteiger partial charge on any atom is -0.435 e. The molecule has 0 spiro atoms. The maximum Gasteiger partial charge on any atom is 0.387 e. The van der Waals surface area contributed by atoms with E-state index in [1.54, 1.807) is 6.20 Å². The summed E-state index contributed by atoms with van der Waals surface area (Å²) >= 11 is 0. The van der Waals surface area contributed by atoms with Gasteiger partial charge >= 0.3 is 12.6 Å². The van der Waals surface area contributed by atoms with Crippen LogP contribution < -0.4 is 20.3 Å². The lowest BCUT2D eigenvalue weighted by molar-refractivity contribution is -0.0498. The molecule has 0 unspecified atom stereocenters. The molecule has 6 nitrogen and oxygen atoms in total. The highest BCUT2D eigenvalue weighted by molar-refractivity contribution is 5.89. The van der Waals surface area contributed by atoms with Gasteiger partial charge in [0.2, 0.25) is 0 Å². The number of ether oxygens (including phenoxy) is 1. The van der Waals surface area contributed by atoms with Crippen molar-refractivity contribution in [1.29, 1.82) is 0 Å². The zero-order valence-electron chi connectivity index (χ0n) is 14.8. The zero-order chi connectivity index (χ0) is 19.1. The third kappa shape index (κ3) is 5.54. The molecule has 27 heavy (non-hydrogen) atoms. The van der Waals surface area contributed by atoms with Crippen LogP contribution in [0.2, 0.25) is 0 Å². The molecule has 0 radical (unpaired) electrons. The number of rotatable bonds is 6. The van der Waals surface area contributed by atoms with Gasteiger partial charge in [-0.3, -0.25) is 0 Å². The first-order chi connectivity index (χ1) is 13.1. The SMILES string of the molecule is O=C(NCc1cccnc1N1CCCCC1)Nc1ccc(OC(F)F)cc1. The first-order valence-electron chi connectivity index (χ1n) is 8.90. The van der Waals surface area contributed by atoms with Crippen molar-refractivity contribution in [3.63, 3.8) is 0 Å². The average Bonchev–Trinajstić information content (AvgIpc) is 2.68. The van der Waals surface area contributed by atoms with E-state index < -0.39 is 6.61 Å². The van der Waals surface area contributed by atoms with Crippen molar-refractivity contribution in [2.24, 2.45) is 0 Å². The normalized spacial score (nSPS) is 14.1. The van der Waals surface area contributed by atoms with Gasteiger partial charge in [0.25, 0.3) is 0 Å². The Morgan fingerprint density at radius 1 is 1.15 bits per heavy atom. The zero-order valence-corrected chi connectivity index (χ0v) is 14.8. The fourth-order valence-electron chi connectivity index (χ4n) is 3.03. The number of hydrogen-bond donors (Lipinski definition) is 2. The first kappa shape index (κ1) is 18.9. The molecule has 144 valence electrons. The van der Waals surface area contributed by atoms with Gasteiger partial charge in [-0.25, -0.2) is 9.78 Å². The molecule has 2 N–H and O–H groups in total. The summed E-state index contributed by atoms with van der Waals surface area (Å²) in [4.78, 5) is 18.9. The van der Waals surface area contributed by atoms with E-state index in [0.717, 1.165) is 37.3 Å². The molecule has 1 aliphatic heterocycles. The number of carbonyl (C=O) groups is 1. The molecule has 2 aromatic rings. The molecule has 0 saturated carbocycles. The average molecular weight is 376 g/mol. The highest BCUT2D eigenvalue weighted by Crippen LogP contribution is 2.21. The highest BCUT2D eigenvalue weighted by atomic mass is 19.3. The van der Waals surface area contributed by atoms with E-state index in [-0.39, 0.29) is 11.8 Å². The molecule has 0 bridgehead atoms. The van der Waals surface area contributed by atoms with Crippen LogP contribution >= 0.6 is 0 Å². The van der Waals surface area contributed by atoms with Gasteiger partial charge in [-0.05, 0) is 49.6 Å². The molecule has 0 atom stereocenters. The lowest BCUT2D eigenvalue weighted by atomic mass is 10.1. The Bertz CT molecular complexity index is 750. The molecule has 2 heterocycles. The minimum atomic E-state index is -2.87. The van der Waals surface area contributed by atoms with Crippen LogP contribution in [0.1, 0.15) is 24.8 Å². The van der Waals surface area contributed by atoms with Crippen LogP contribution in [0.4, 0.5) is 25.1 Å². The summed E-state index contributed by atoms with van der Waals surface area (Å²) in [6.45, 7) is -0.578. The van der Waals surface area contributed by atoms with Gasteiger partial charge in [-0.1, -0.05) is 6.07 Å². The molecule has 1 aromatic carbocycles. The highest BCUT2D eigenvalue weighted by Gasteiger charge is 2.15. The lowest BCUT2D eigenvalue weighted by Gasteiger charge is -2.29. The molecule has 1 fully saturated rings. The predicted octanol–water partition coefficient (Wildman–Crippen LogP) is 4.00. The molecular weight excluding hydrogens is 354 g/mol. The van der Waals surface area contributed by atoms with Crippen molar-refractivity contribution >= 4 is 17.5 Å². The van der Waals surface area contributed by atoms with Crippen LogP contribution in [0, 0.1) is 0 Å². The number of urea groups is 1. The number of pyridine rings is 1. The maximum absolute atomic E-state index is 12.1. The van der Waals surface area contributed by atoms with Gasteiger partial charge in [-0.2, -0.15) is 8.78 Å². The number of benzene rings is 1. The lowest BCUT2D eigenvalue weighted by Crippen LogP contribution is -2.33. The molecule has 1 aliphatic rings. The van der Waals surface area contributed by atoms with Crippen molar-refractivity contribution in [3.05, 3.63) is 48.2 Å². The molecule has 0 aliphatic carbocycles. The Kier molecular flexibility index (Phi) is 6.40. The molecular formula is C19H22F2N4O2. The van der Waals surface area contributed by atoms with E-state index >= 15 is 0 Å². The Labute approximate surface area is 156 Å². The van der Waals surface area contributed by atoms with Gasteiger partial charge in [0.1, 0.15) is 11.6 Å². The van der Waals surface area contributed by atoms with E-state index in [9.17, 15) is 13.6 Å². The Balaban J connectivity index is 1.55. The third-order valence-electron chi connectivity index (χ3n) is 4.30. The number of halogens is 2. The second kappa shape index (κ2) is 9.16. The van der Waals surface area contributed by atoms with Crippen molar-refractivity contribution in [1.82, 2.24) is 10.3 Å². The number of nitrogens with zero attached hydrogens (tertiary/aromatic N) is 2. The molecule has 3 rings (SSSR count). The fraction of sp³-hybridized carbons (Fsp3) is 0.368. The largest absolute Gasteiger partial charge is 0.435 e. The van der Waals surface area contributed by atoms with Crippen molar-refractivity contribution in [2.45, 2.75) is 32.4 Å². The molecule has 1 saturated heterocycles. The summed E-state index contributed by atoms with van der Waals surface area (Å²) in [5.74, 6) is 0.948. The van der Waals surface area contributed by atoms with Gasteiger partial charge in [-0.15, -0.1) is 0 Å². The summed E-state index contributed by atoms with van der Waals surface area (Å²) < 4.78 is 28.6. The Morgan fingerprint density at radius 3 is 2.59 bits per heavy atom. The van der Waals surface area contributed by atoms with E-state index in [2.05, 4.69) is 25.3 Å². The predicted molar refractivity (Wildman–Crippen MR) is 99.2 cm³/mol. The van der Waals surface area contributed by atoms with Gasteiger partial charge in [0.15, 0.2) is 0 Å². The maximum atomic E-state index is 12.1. The van der Waals surface area contributed by atoms with Crippen molar-refractivity contribution in [3.8, 4) is 5.75 Å². The summed E-state index contributed by atoms with van der Waals surface area (Å²) in [5.41, 5.74) is 1.44. The van der Waals surface area contributed by atoms with Gasteiger partial charge in [0.05, 0.1) is 0 Å². The van der Waals surface area contributed by atoms with E-state index in [4.69, 9.17) is 0 Å². The van der Waals surface area contributed by atoms with Gasteiger partial charge in [0, 0.05) is 37.1 Å². The van der Waals surface area contributed by atoms with E-state index in [1.807, 2.05) is 12.1 Å². The van der Waals surface area contributed by atoms with Crippen LogP contribution in [-0.4, -0.2) is 30.7 Å². The summed E-state index contributed by atoms with van der Waals surface area (Å²) in [7, 11) is 0. The number of nitrogens with one attached hydrogen (secondary N) is 2. The van der Waals surface area contributed by atoms with E-state index in [0.29, 0.717) is 12.2 Å². The topological polar surface area (TPSA) is 66.5 Å². The molecule has 1 aromatic heterocycles.